The number of nitrogens with one attached hydrogen (secondary N) is 2. The molecule has 0 amide bonds. The van der Waals surface area contributed by atoms with E-state index in [0.29, 0.717) is 12.0 Å². The Morgan fingerprint density at radius 2 is 1.67 bits per heavy atom. The third-order valence-electron chi connectivity index (χ3n) is 4.95. The lowest BCUT2D eigenvalue weighted by molar-refractivity contribution is 0.576. The van der Waals surface area contributed by atoms with Crippen LogP contribution in [0.25, 0.3) is 0 Å². The molecule has 0 unspecified atom stereocenters. The molecule has 2 aliphatic rings. The molecule has 2 atom stereocenters. The van der Waals surface area contributed by atoms with Gasteiger partial charge in [0.05, 0.1) is 9.79 Å². The maximum atomic E-state index is 13.1. The van der Waals surface area contributed by atoms with E-state index in [0.717, 1.165) is 37.2 Å². The minimum Gasteiger partial charge on any atom is -0.381 e. The van der Waals surface area contributed by atoms with E-state index in [9.17, 15) is 12.8 Å². The lowest BCUT2D eigenvalue weighted by Crippen LogP contribution is -2.21. The van der Waals surface area contributed by atoms with Gasteiger partial charge in [-0.3, -0.25) is 0 Å². The zero-order chi connectivity index (χ0) is 16.7. The zero-order valence-electron chi connectivity index (χ0n) is 13.1. The fourth-order valence-electron chi connectivity index (χ4n) is 3.68. The van der Waals surface area contributed by atoms with Gasteiger partial charge in [-0.05, 0) is 74.0 Å². The van der Waals surface area contributed by atoms with Crippen molar-refractivity contribution < 1.29 is 12.8 Å². The molecule has 0 spiro atoms. The van der Waals surface area contributed by atoms with Gasteiger partial charge < -0.3 is 10.6 Å². The van der Waals surface area contributed by atoms with Gasteiger partial charge in [0.1, 0.15) is 5.82 Å². The predicted octanol–water partition coefficient (Wildman–Crippen LogP) is 2.92. The molecule has 2 aromatic carbocycles. The Morgan fingerprint density at radius 3 is 2.46 bits per heavy atom. The Bertz CT molecular complexity index is 865. The molecule has 24 heavy (non-hydrogen) atoms. The first-order valence-corrected chi connectivity index (χ1v) is 9.66. The van der Waals surface area contributed by atoms with Gasteiger partial charge in [0.2, 0.25) is 9.84 Å². The summed E-state index contributed by atoms with van der Waals surface area (Å²) in [7, 11) is -3.63. The van der Waals surface area contributed by atoms with Gasteiger partial charge in [-0.2, -0.15) is 0 Å². The second-order valence-electron chi connectivity index (χ2n) is 6.39. The molecular formula is C18H19FN2O2S. The van der Waals surface area contributed by atoms with E-state index in [4.69, 9.17) is 0 Å². The summed E-state index contributed by atoms with van der Waals surface area (Å²) in [6.07, 6.45) is 2.02. The Hall–Kier alpha value is -1.92. The fraction of sp³-hybridized carbons (Fsp3) is 0.333. The number of benzene rings is 2. The second kappa shape index (κ2) is 5.86. The van der Waals surface area contributed by atoms with Crippen LogP contribution in [0.3, 0.4) is 0 Å². The van der Waals surface area contributed by atoms with Crippen LogP contribution in [-0.4, -0.2) is 27.5 Å². The monoisotopic (exact) mass is 346 g/mol. The van der Waals surface area contributed by atoms with Crippen LogP contribution in [0.15, 0.2) is 52.3 Å². The smallest absolute Gasteiger partial charge is 0.206 e. The van der Waals surface area contributed by atoms with Gasteiger partial charge in [-0.25, -0.2) is 12.8 Å². The Labute approximate surface area is 141 Å². The predicted molar refractivity (Wildman–Crippen MR) is 90.5 cm³/mol. The first-order valence-electron chi connectivity index (χ1n) is 8.17. The van der Waals surface area contributed by atoms with Crippen LogP contribution < -0.4 is 10.6 Å². The molecule has 0 aromatic heterocycles. The molecular weight excluding hydrogens is 327 g/mol. The maximum Gasteiger partial charge on any atom is 0.206 e. The Morgan fingerprint density at radius 1 is 0.958 bits per heavy atom. The van der Waals surface area contributed by atoms with Crippen molar-refractivity contribution in [3.63, 3.8) is 0 Å². The van der Waals surface area contributed by atoms with Gasteiger partial charge in [0.15, 0.2) is 0 Å². The molecule has 4 rings (SSSR count). The highest BCUT2D eigenvalue weighted by molar-refractivity contribution is 7.91. The van der Waals surface area contributed by atoms with Crippen LogP contribution in [0.2, 0.25) is 0 Å². The normalized spacial score (nSPS) is 23.0. The summed E-state index contributed by atoms with van der Waals surface area (Å²) in [5.74, 6) is -0.112. The van der Waals surface area contributed by atoms with Crippen molar-refractivity contribution in [2.24, 2.45) is 0 Å². The van der Waals surface area contributed by atoms with Crippen LogP contribution >= 0.6 is 0 Å². The van der Waals surface area contributed by atoms with Crippen molar-refractivity contribution >= 4 is 15.5 Å². The summed E-state index contributed by atoms with van der Waals surface area (Å²) >= 11 is 0. The minimum absolute atomic E-state index is 0.119. The molecule has 2 heterocycles. The topological polar surface area (TPSA) is 58.2 Å². The van der Waals surface area contributed by atoms with Crippen LogP contribution in [0, 0.1) is 5.82 Å². The summed E-state index contributed by atoms with van der Waals surface area (Å²) in [5.41, 5.74) is 2.11. The zero-order valence-corrected chi connectivity index (χ0v) is 13.9. The standard InChI is InChI=1S/C18H19FN2O2S/c19-12-1-3-13(4-2-12)24(22,23)14-5-6-17-16(11-14)15-7-9-20-10-8-18(15)21-17/h1-6,11,15,18,20-21H,7-10H2/t15-,18-/m0/s1. The van der Waals surface area contributed by atoms with E-state index in [-0.39, 0.29) is 9.79 Å². The SMILES string of the molecule is O=S(=O)(c1ccc(F)cc1)c1ccc2c(c1)[C@@H]1CCNCC[C@@H]1N2. The molecule has 1 fully saturated rings. The number of hydrogen-bond acceptors (Lipinski definition) is 4. The number of sulfone groups is 1. The van der Waals surface area contributed by atoms with E-state index in [2.05, 4.69) is 10.6 Å². The van der Waals surface area contributed by atoms with Gasteiger partial charge >= 0.3 is 0 Å². The van der Waals surface area contributed by atoms with Crippen molar-refractivity contribution in [2.45, 2.75) is 34.6 Å². The highest BCUT2D eigenvalue weighted by Gasteiger charge is 2.34. The lowest BCUT2D eigenvalue weighted by atomic mass is 9.91. The molecule has 1 saturated heterocycles. The van der Waals surface area contributed by atoms with Crippen molar-refractivity contribution in [3.8, 4) is 0 Å². The molecule has 0 aliphatic carbocycles. The number of hydrogen-bond donors (Lipinski definition) is 2. The Kier molecular flexibility index (Phi) is 3.81. The van der Waals surface area contributed by atoms with Crippen molar-refractivity contribution in [3.05, 3.63) is 53.8 Å². The van der Waals surface area contributed by atoms with Crippen molar-refractivity contribution in [1.29, 1.82) is 0 Å². The average Bonchev–Trinajstić information content (AvgIpc) is 2.75. The average molecular weight is 346 g/mol. The van der Waals surface area contributed by atoms with Crippen LogP contribution in [0.4, 0.5) is 10.1 Å². The van der Waals surface area contributed by atoms with E-state index in [1.165, 1.54) is 24.3 Å². The van der Waals surface area contributed by atoms with E-state index >= 15 is 0 Å². The number of halogens is 1. The summed E-state index contributed by atoms with van der Waals surface area (Å²) in [6.45, 7) is 1.92. The molecule has 4 nitrogen and oxygen atoms in total. The van der Waals surface area contributed by atoms with Gasteiger partial charge in [0.25, 0.3) is 0 Å². The third-order valence-corrected chi connectivity index (χ3v) is 6.71. The van der Waals surface area contributed by atoms with Crippen LogP contribution in [0.5, 0.6) is 0 Å². The highest BCUT2D eigenvalue weighted by atomic mass is 32.2. The van der Waals surface area contributed by atoms with E-state index in [1.54, 1.807) is 12.1 Å². The van der Waals surface area contributed by atoms with Crippen molar-refractivity contribution in [2.75, 3.05) is 18.4 Å². The summed E-state index contributed by atoms with van der Waals surface area (Å²) < 4.78 is 38.7. The molecule has 2 aromatic rings. The Balaban J connectivity index is 1.73. The summed E-state index contributed by atoms with van der Waals surface area (Å²) in [4.78, 5) is 0.390. The van der Waals surface area contributed by atoms with E-state index in [1.807, 2.05) is 6.07 Å². The molecule has 0 radical (unpaired) electrons. The maximum absolute atomic E-state index is 13.1. The first-order chi connectivity index (χ1) is 11.6. The van der Waals surface area contributed by atoms with Crippen LogP contribution in [-0.2, 0) is 9.84 Å². The number of anilines is 1. The first kappa shape index (κ1) is 15.6. The third kappa shape index (κ3) is 2.59. The minimum atomic E-state index is -3.63. The molecule has 0 bridgehead atoms. The van der Waals surface area contributed by atoms with Crippen LogP contribution in [0.1, 0.15) is 24.3 Å². The summed E-state index contributed by atoms with van der Waals surface area (Å²) in [5, 5.41) is 6.91. The highest BCUT2D eigenvalue weighted by Crippen LogP contribution is 2.41. The lowest BCUT2D eigenvalue weighted by Gasteiger charge is -2.16. The largest absolute Gasteiger partial charge is 0.381 e. The quantitative estimate of drug-likeness (QED) is 0.821. The number of fused-ring (bicyclic) bond motifs is 3. The summed E-state index contributed by atoms with van der Waals surface area (Å²) in [6, 6.07) is 10.6. The van der Waals surface area contributed by atoms with E-state index < -0.39 is 15.7 Å². The molecule has 6 heteroatoms. The van der Waals surface area contributed by atoms with Gasteiger partial charge in [-0.15, -0.1) is 0 Å². The van der Waals surface area contributed by atoms with Gasteiger partial charge in [0, 0.05) is 17.6 Å². The number of rotatable bonds is 2. The molecule has 0 saturated carbocycles. The molecule has 2 aliphatic heterocycles. The second-order valence-corrected chi connectivity index (χ2v) is 8.34. The molecule has 2 N–H and O–H groups in total. The van der Waals surface area contributed by atoms with Gasteiger partial charge in [-0.1, -0.05) is 0 Å². The fourth-order valence-corrected chi connectivity index (χ4v) is 4.98. The van der Waals surface area contributed by atoms with Crippen molar-refractivity contribution in [1.82, 2.24) is 5.32 Å². The molecule has 126 valence electrons.